The molecular formula is C27H26FN5O. The van der Waals surface area contributed by atoms with E-state index in [1.165, 1.54) is 12.1 Å². The molecule has 6 nitrogen and oxygen atoms in total. The number of imidazole rings is 1. The van der Waals surface area contributed by atoms with E-state index in [1.54, 1.807) is 6.07 Å². The standard InChI is InChI=1S/C27H26FN5O/c1-31-10-12-32(13-11-31)33-25-9-6-18(15-24(25)30-27(33)29)14-23-21-5-3-2-4-19(21)17-34-26-16-20(28)7-8-22(23)26/h2-9,14-16H,10-13,17H2,1H3,(H2,29,30)/b23-14+. The molecule has 0 saturated carbocycles. The van der Waals surface area contributed by atoms with Crippen LogP contribution in [0.3, 0.4) is 0 Å². The number of nitrogens with zero attached hydrogens (tertiary/aromatic N) is 4. The van der Waals surface area contributed by atoms with Gasteiger partial charge in [-0.3, -0.25) is 0 Å². The Hall–Kier alpha value is -3.84. The normalized spacial score (nSPS) is 17.4. The van der Waals surface area contributed by atoms with Crippen molar-refractivity contribution >= 4 is 28.6 Å². The highest BCUT2D eigenvalue weighted by atomic mass is 19.1. The Morgan fingerprint density at radius 2 is 1.79 bits per heavy atom. The largest absolute Gasteiger partial charge is 0.488 e. The van der Waals surface area contributed by atoms with Crippen molar-refractivity contribution in [2.75, 3.05) is 44.0 Å². The summed E-state index contributed by atoms with van der Waals surface area (Å²) in [6, 6.07) is 19.1. The van der Waals surface area contributed by atoms with E-state index in [9.17, 15) is 4.39 Å². The van der Waals surface area contributed by atoms with E-state index in [4.69, 9.17) is 10.5 Å². The maximum absolute atomic E-state index is 14.0. The van der Waals surface area contributed by atoms with Gasteiger partial charge in [0.1, 0.15) is 18.2 Å². The number of hydrogen-bond acceptors (Lipinski definition) is 5. The minimum Gasteiger partial charge on any atom is -0.488 e. The zero-order valence-electron chi connectivity index (χ0n) is 19.0. The quantitative estimate of drug-likeness (QED) is 0.493. The molecule has 1 fully saturated rings. The Morgan fingerprint density at radius 1 is 0.971 bits per heavy atom. The predicted molar refractivity (Wildman–Crippen MR) is 134 cm³/mol. The number of nitrogen functional groups attached to an aromatic ring is 1. The molecule has 6 rings (SSSR count). The topological polar surface area (TPSA) is 59.5 Å². The second-order valence-electron chi connectivity index (χ2n) is 8.93. The van der Waals surface area contributed by atoms with Gasteiger partial charge in [-0.2, -0.15) is 0 Å². The third-order valence-corrected chi connectivity index (χ3v) is 6.68. The zero-order valence-corrected chi connectivity index (χ0v) is 19.0. The van der Waals surface area contributed by atoms with Crippen LogP contribution in [-0.4, -0.2) is 47.8 Å². The van der Waals surface area contributed by atoms with Crippen LogP contribution in [0.5, 0.6) is 5.75 Å². The first-order valence-electron chi connectivity index (χ1n) is 11.5. The number of fused-ring (bicyclic) bond motifs is 3. The van der Waals surface area contributed by atoms with Gasteiger partial charge in [0.25, 0.3) is 0 Å². The number of benzene rings is 3. The first-order chi connectivity index (χ1) is 16.6. The molecule has 0 spiro atoms. The van der Waals surface area contributed by atoms with Gasteiger partial charge in [-0.1, -0.05) is 30.3 Å². The molecule has 1 aromatic heterocycles. The first-order valence-corrected chi connectivity index (χ1v) is 11.5. The van der Waals surface area contributed by atoms with Gasteiger partial charge in [-0.25, -0.2) is 14.1 Å². The van der Waals surface area contributed by atoms with Crippen LogP contribution >= 0.6 is 0 Å². The van der Waals surface area contributed by atoms with E-state index >= 15 is 0 Å². The van der Waals surface area contributed by atoms with E-state index in [0.29, 0.717) is 18.3 Å². The van der Waals surface area contributed by atoms with E-state index in [1.807, 2.05) is 22.9 Å². The molecule has 172 valence electrons. The van der Waals surface area contributed by atoms with Gasteiger partial charge in [0.15, 0.2) is 0 Å². The van der Waals surface area contributed by atoms with E-state index < -0.39 is 0 Å². The Labute approximate surface area is 197 Å². The minimum atomic E-state index is -0.310. The number of hydrogen-bond donors (Lipinski definition) is 1. The van der Waals surface area contributed by atoms with Crippen LogP contribution in [0.25, 0.3) is 22.7 Å². The van der Waals surface area contributed by atoms with Gasteiger partial charge in [-0.05, 0) is 59.7 Å². The summed E-state index contributed by atoms with van der Waals surface area (Å²) in [5, 5.41) is 2.26. The summed E-state index contributed by atoms with van der Waals surface area (Å²) < 4.78 is 22.0. The highest BCUT2D eigenvalue weighted by Gasteiger charge is 2.21. The lowest BCUT2D eigenvalue weighted by atomic mass is 9.92. The summed E-state index contributed by atoms with van der Waals surface area (Å²) in [6.07, 6.45) is 2.12. The van der Waals surface area contributed by atoms with Crippen molar-refractivity contribution < 1.29 is 9.13 Å². The van der Waals surface area contributed by atoms with Gasteiger partial charge in [0.05, 0.1) is 11.0 Å². The van der Waals surface area contributed by atoms with Gasteiger partial charge in [0.2, 0.25) is 5.95 Å². The van der Waals surface area contributed by atoms with Crippen LogP contribution in [0.2, 0.25) is 0 Å². The van der Waals surface area contributed by atoms with Crippen LogP contribution < -0.4 is 15.5 Å². The fraction of sp³-hybridized carbons (Fsp3) is 0.222. The van der Waals surface area contributed by atoms with Crippen LogP contribution in [0, 0.1) is 5.82 Å². The van der Waals surface area contributed by atoms with E-state index in [0.717, 1.165) is 65.0 Å². The molecule has 0 radical (unpaired) electrons. The maximum atomic E-state index is 14.0. The second-order valence-corrected chi connectivity index (χ2v) is 8.93. The molecule has 0 atom stereocenters. The molecule has 2 aliphatic heterocycles. The third kappa shape index (κ3) is 3.58. The Bertz CT molecular complexity index is 1420. The van der Waals surface area contributed by atoms with E-state index in [-0.39, 0.29) is 5.82 Å². The van der Waals surface area contributed by atoms with Gasteiger partial charge in [0, 0.05) is 37.8 Å². The van der Waals surface area contributed by atoms with Crippen molar-refractivity contribution in [1.82, 2.24) is 14.6 Å². The summed E-state index contributed by atoms with van der Waals surface area (Å²) in [4.78, 5) is 6.98. The van der Waals surface area contributed by atoms with Crippen molar-refractivity contribution in [3.63, 3.8) is 0 Å². The fourth-order valence-corrected chi connectivity index (χ4v) is 4.86. The second kappa shape index (κ2) is 8.18. The van der Waals surface area contributed by atoms with Crippen LogP contribution in [-0.2, 0) is 6.61 Å². The Balaban J connectivity index is 1.46. The highest BCUT2D eigenvalue weighted by molar-refractivity contribution is 5.96. The Kier molecular flexibility index (Phi) is 4.99. The summed E-state index contributed by atoms with van der Waals surface area (Å²) in [5.74, 6) is 0.737. The van der Waals surface area contributed by atoms with Crippen molar-refractivity contribution in [1.29, 1.82) is 0 Å². The lowest BCUT2D eigenvalue weighted by molar-refractivity contribution is 0.290. The molecule has 1 saturated heterocycles. The predicted octanol–water partition coefficient (Wildman–Crippen LogP) is 4.12. The summed E-state index contributed by atoms with van der Waals surface area (Å²) in [6.45, 7) is 4.19. The average Bonchev–Trinajstić information content (AvgIpc) is 3.09. The molecule has 4 aromatic rings. The molecular weight excluding hydrogens is 429 g/mol. The van der Waals surface area contributed by atoms with Crippen molar-refractivity contribution in [3.05, 3.63) is 88.7 Å². The fourth-order valence-electron chi connectivity index (χ4n) is 4.86. The first kappa shape index (κ1) is 20.7. The molecule has 0 bridgehead atoms. The number of nitrogens with two attached hydrogens (primary N) is 1. The molecule has 34 heavy (non-hydrogen) atoms. The summed E-state index contributed by atoms with van der Waals surface area (Å²) in [7, 11) is 2.13. The maximum Gasteiger partial charge on any atom is 0.220 e. The van der Waals surface area contributed by atoms with Crippen molar-refractivity contribution in [2.24, 2.45) is 0 Å². The molecule has 3 heterocycles. The van der Waals surface area contributed by atoms with Crippen LogP contribution in [0.4, 0.5) is 10.3 Å². The minimum absolute atomic E-state index is 0.310. The third-order valence-electron chi connectivity index (χ3n) is 6.68. The monoisotopic (exact) mass is 455 g/mol. The lowest BCUT2D eigenvalue weighted by Crippen LogP contribution is -2.50. The summed E-state index contributed by atoms with van der Waals surface area (Å²) >= 11 is 0. The molecule has 0 amide bonds. The molecule has 7 heteroatoms. The number of piperazine rings is 1. The van der Waals surface area contributed by atoms with Crippen molar-refractivity contribution in [2.45, 2.75) is 6.61 Å². The molecule has 2 aliphatic rings. The lowest BCUT2D eigenvalue weighted by Gasteiger charge is -2.35. The van der Waals surface area contributed by atoms with Crippen LogP contribution in [0.1, 0.15) is 22.3 Å². The molecule has 3 aromatic carbocycles. The number of anilines is 1. The van der Waals surface area contributed by atoms with Gasteiger partial charge >= 0.3 is 0 Å². The number of aromatic nitrogens is 2. The average molecular weight is 456 g/mol. The van der Waals surface area contributed by atoms with Gasteiger partial charge < -0.3 is 20.4 Å². The number of ether oxygens (including phenoxy) is 1. The number of rotatable bonds is 2. The molecule has 2 N–H and O–H groups in total. The van der Waals surface area contributed by atoms with Crippen molar-refractivity contribution in [3.8, 4) is 5.75 Å². The highest BCUT2D eigenvalue weighted by Crippen LogP contribution is 2.38. The van der Waals surface area contributed by atoms with E-state index in [2.05, 4.69) is 52.3 Å². The SMILES string of the molecule is CN1CCN(n2c(N)nc3cc(/C=C4\c5ccccc5COc5cc(F)ccc54)ccc32)CC1. The summed E-state index contributed by atoms with van der Waals surface area (Å²) in [5.41, 5.74) is 13.2. The number of likely N-dealkylation sites (N-methyl/N-ethyl adjacent to an activating group) is 1. The zero-order chi connectivity index (χ0) is 23.2. The van der Waals surface area contributed by atoms with Crippen LogP contribution in [0.15, 0.2) is 60.7 Å². The smallest absolute Gasteiger partial charge is 0.220 e. The molecule has 0 aliphatic carbocycles. The van der Waals surface area contributed by atoms with Gasteiger partial charge in [-0.15, -0.1) is 0 Å². The number of halogens is 1. The Morgan fingerprint density at radius 3 is 2.65 bits per heavy atom. The molecule has 0 unspecified atom stereocenters.